The summed E-state index contributed by atoms with van der Waals surface area (Å²) in [6.07, 6.45) is 1.47. The fourth-order valence-electron chi connectivity index (χ4n) is 3.15. The molecule has 1 amide bonds. The third kappa shape index (κ3) is 4.39. The van der Waals surface area contributed by atoms with Crippen LogP contribution < -0.4 is 10.1 Å². The monoisotopic (exact) mass is 407 g/mol. The number of hydrogen-bond acceptors (Lipinski definition) is 4. The molecule has 1 aromatic heterocycles. The molecule has 2 aromatic rings. The summed E-state index contributed by atoms with van der Waals surface area (Å²) in [6, 6.07) is 6.89. The second kappa shape index (κ2) is 8.79. The number of rotatable bonds is 8. The molecule has 28 heavy (non-hydrogen) atoms. The molecule has 1 N–H and O–H groups in total. The molecular formula is C20H29N3O4S. The molecule has 7 nitrogen and oxygen atoms in total. The second-order valence-corrected chi connectivity index (χ2v) is 8.64. The molecule has 2 rings (SSSR count). The maximum Gasteiger partial charge on any atom is 0.268 e. The minimum absolute atomic E-state index is 0.115. The van der Waals surface area contributed by atoms with Crippen molar-refractivity contribution in [3.8, 4) is 5.75 Å². The number of sulfonamides is 1. The Hall–Kier alpha value is -2.32. The first-order valence-corrected chi connectivity index (χ1v) is 10.7. The van der Waals surface area contributed by atoms with Crippen molar-refractivity contribution < 1.29 is 17.9 Å². The van der Waals surface area contributed by atoms with Crippen molar-refractivity contribution in [2.75, 3.05) is 20.2 Å². The van der Waals surface area contributed by atoms with Crippen LogP contribution in [0.3, 0.4) is 0 Å². The molecular weight excluding hydrogens is 378 g/mol. The van der Waals surface area contributed by atoms with Gasteiger partial charge >= 0.3 is 0 Å². The van der Waals surface area contributed by atoms with Crippen molar-refractivity contribution in [2.24, 2.45) is 7.05 Å². The van der Waals surface area contributed by atoms with E-state index >= 15 is 0 Å². The lowest BCUT2D eigenvalue weighted by molar-refractivity contribution is 0.0931. The van der Waals surface area contributed by atoms with Crippen molar-refractivity contribution in [1.29, 1.82) is 0 Å². The van der Waals surface area contributed by atoms with Gasteiger partial charge in [-0.2, -0.15) is 4.31 Å². The predicted octanol–water partition coefficient (Wildman–Crippen LogP) is 2.86. The van der Waals surface area contributed by atoms with Gasteiger partial charge in [-0.05, 0) is 26.0 Å². The number of ether oxygens (including phenoxy) is 1. The number of amides is 1. The SMILES string of the molecule is CCN(CC)S(=O)(=O)c1cc(C(=O)N[C@@H](C)c2cc(C)ccc2OC)n(C)c1. The predicted molar refractivity (Wildman–Crippen MR) is 109 cm³/mol. The largest absolute Gasteiger partial charge is 0.496 e. The van der Waals surface area contributed by atoms with E-state index in [0.717, 1.165) is 11.1 Å². The van der Waals surface area contributed by atoms with Crippen LogP contribution >= 0.6 is 0 Å². The fourth-order valence-corrected chi connectivity index (χ4v) is 4.68. The maximum atomic E-state index is 12.8. The van der Waals surface area contributed by atoms with E-state index in [1.54, 1.807) is 28.0 Å². The molecule has 0 aliphatic heterocycles. The molecule has 1 aromatic carbocycles. The van der Waals surface area contributed by atoms with Crippen LogP contribution in [0.5, 0.6) is 5.75 Å². The van der Waals surface area contributed by atoms with Gasteiger partial charge in [0.15, 0.2) is 0 Å². The number of aromatic nitrogens is 1. The topological polar surface area (TPSA) is 80.6 Å². The molecule has 0 aliphatic carbocycles. The van der Waals surface area contributed by atoms with Crippen LogP contribution in [0.2, 0.25) is 0 Å². The lowest BCUT2D eigenvalue weighted by Crippen LogP contribution is -2.30. The number of aryl methyl sites for hydroxylation is 2. The summed E-state index contributed by atoms with van der Waals surface area (Å²) in [4.78, 5) is 12.9. The third-order valence-electron chi connectivity index (χ3n) is 4.75. The molecule has 0 bridgehead atoms. The van der Waals surface area contributed by atoms with Crippen LogP contribution in [0.15, 0.2) is 35.4 Å². The summed E-state index contributed by atoms with van der Waals surface area (Å²) in [5.74, 6) is 0.342. The van der Waals surface area contributed by atoms with E-state index in [0.29, 0.717) is 18.8 Å². The Bertz CT molecular complexity index is 946. The van der Waals surface area contributed by atoms with Crippen LogP contribution in [0.4, 0.5) is 0 Å². The molecule has 8 heteroatoms. The van der Waals surface area contributed by atoms with Crippen LogP contribution in [-0.4, -0.2) is 43.4 Å². The summed E-state index contributed by atoms with van der Waals surface area (Å²) in [5, 5.41) is 2.93. The molecule has 0 aliphatic rings. The van der Waals surface area contributed by atoms with Gasteiger partial charge in [0.1, 0.15) is 16.3 Å². The number of nitrogens with one attached hydrogen (secondary N) is 1. The highest BCUT2D eigenvalue weighted by atomic mass is 32.2. The average molecular weight is 408 g/mol. The lowest BCUT2D eigenvalue weighted by atomic mass is 10.0. The number of benzene rings is 1. The van der Waals surface area contributed by atoms with Gasteiger partial charge in [0, 0.05) is 31.9 Å². The van der Waals surface area contributed by atoms with Crippen LogP contribution in [-0.2, 0) is 17.1 Å². The van der Waals surface area contributed by atoms with Gasteiger partial charge in [0.25, 0.3) is 5.91 Å². The van der Waals surface area contributed by atoms with Crippen molar-refractivity contribution in [3.05, 3.63) is 47.3 Å². The first-order chi connectivity index (χ1) is 13.1. The second-order valence-electron chi connectivity index (χ2n) is 6.70. The lowest BCUT2D eigenvalue weighted by Gasteiger charge is -2.18. The Morgan fingerprint density at radius 2 is 1.89 bits per heavy atom. The summed E-state index contributed by atoms with van der Waals surface area (Å²) >= 11 is 0. The Labute approximate surface area is 167 Å². The smallest absolute Gasteiger partial charge is 0.268 e. The minimum atomic E-state index is -3.62. The zero-order valence-electron chi connectivity index (χ0n) is 17.3. The van der Waals surface area contributed by atoms with Crippen molar-refractivity contribution >= 4 is 15.9 Å². The van der Waals surface area contributed by atoms with E-state index in [1.165, 1.54) is 21.1 Å². The summed E-state index contributed by atoms with van der Waals surface area (Å²) in [5.41, 5.74) is 2.20. The summed E-state index contributed by atoms with van der Waals surface area (Å²) in [6.45, 7) is 8.16. The molecule has 154 valence electrons. The number of carbonyl (C=O) groups is 1. The average Bonchev–Trinajstić information content (AvgIpc) is 3.05. The van der Waals surface area contributed by atoms with Gasteiger partial charge in [0.2, 0.25) is 10.0 Å². The molecule has 0 unspecified atom stereocenters. The zero-order chi connectivity index (χ0) is 21.1. The van der Waals surface area contributed by atoms with Crippen LogP contribution in [0, 0.1) is 6.92 Å². The Morgan fingerprint density at radius 1 is 1.25 bits per heavy atom. The fraction of sp³-hybridized carbons (Fsp3) is 0.450. The van der Waals surface area contributed by atoms with Crippen LogP contribution in [0.25, 0.3) is 0 Å². The Kier molecular flexibility index (Phi) is 6.90. The summed E-state index contributed by atoms with van der Waals surface area (Å²) in [7, 11) is -0.372. The van der Waals surface area contributed by atoms with Crippen LogP contribution in [0.1, 0.15) is 48.4 Å². The minimum Gasteiger partial charge on any atom is -0.496 e. The number of nitrogens with zero attached hydrogens (tertiary/aromatic N) is 2. The molecule has 1 atom stereocenters. The molecule has 1 heterocycles. The van der Waals surface area contributed by atoms with Gasteiger partial charge in [-0.3, -0.25) is 4.79 Å². The maximum absolute atomic E-state index is 12.8. The van der Waals surface area contributed by atoms with Gasteiger partial charge in [-0.15, -0.1) is 0 Å². The van der Waals surface area contributed by atoms with E-state index in [-0.39, 0.29) is 22.5 Å². The highest BCUT2D eigenvalue weighted by Crippen LogP contribution is 2.26. The van der Waals surface area contributed by atoms with Gasteiger partial charge in [-0.25, -0.2) is 8.42 Å². The first-order valence-electron chi connectivity index (χ1n) is 9.27. The zero-order valence-corrected chi connectivity index (χ0v) is 18.1. The molecule has 0 saturated carbocycles. The molecule has 0 saturated heterocycles. The standard InChI is InChI=1S/C20H29N3O4S/c1-7-23(8-2)28(25,26)16-12-18(22(5)13-16)20(24)21-15(4)17-11-14(3)9-10-19(17)27-6/h9-13,15H,7-8H2,1-6H3,(H,21,24)/t15-/m0/s1. The van der Waals surface area contributed by atoms with Gasteiger partial charge in [0.05, 0.1) is 13.2 Å². The van der Waals surface area contributed by atoms with Crippen molar-refractivity contribution in [3.63, 3.8) is 0 Å². The van der Waals surface area contributed by atoms with Crippen molar-refractivity contribution in [2.45, 2.75) is 38.6 Å². The van der Waals surface area contributed by atoms with Gasteiger partial charge < -0.3 is 14.6 Å². The van der Waals surface area contributed by atoms with E-state index < -0.39 is 10.0 Å². The van der Waals surface area contributed by atoms with E-state index in [2.05, 4.69) is 5.32 Å². The number of methoxy groups -OCH3 is 1. The number of hydrogen-bond donors (Lipinski definition) is 1. The molecule has 0 spiro atoms. The van der Waals surface area contributed by atoms with E-state index in [1.807, 2.05) is 32.0 Å². The highest BCUT2D eigenvalue weighted by Gasteiger charge is 2.26. The van der Waals surface area contributed by atoms with E-state index in [9.17, 15) is 13.2 Å². The first kappa shape index (κ1) is 22.0. The number of carbonyl (C=O) groups excluding carboxylic acids is 1. The molecule has 0 radical (unpaired) electrons. The third-order valence-corrected chi connectivity index (χ3v) is 6.77. The molecule has 0 fully saturated rings. The highest BCUT2D eigenvalue weighted by molar-refractivity contribution is 7.89. The quantitative estimate of drug-likeness (QED) is 0.730. The summed E-state index contributed by atoms with van der Waals surface area (Å²) < 4.78 is 33.7. The normalized spacial score (nSPS) is 12.8. The van der Waals surface area contributed by atoms with Gasteiger partial charge in [-0.1, -0.05) is 31.5 Å². The van der Waals surface area contributed by atoms with E-state index in [4.69, 9.17) is 4.74 Å². The Balaban J connectivity index is 2.29. The Morgan fingerprint density at radius 3 is 2.46 bits per heavy atom. The van der Waals surface area contributed by atoms with Crippen molar-refractivity contribution in [1.82, 2.24) is 14.2 Å².